The van der Waals surface area contributed by atoms with E-state index in [0.717, 1.165) is 32.7 Å². The lowest BCUT2D eigenvalue weighted by atomic mass is 10.1. The molecule has 1 aliphatic rings. The Morgan fingerprint density at radius 1 is 0.912 bits per heavy atom. The van der Waals surface area contributed by atoms with Crippen LogP contribution in [0.2, 0.25) is 0 Å². The number of rotatable bonds is 10. The molecule has 3 aromatic rings. The number of methoxy groups -OCH3 is 3. The molecule has 4 rings (SSSR count). The van der Waals surface area contributed by atoms with Crippen LogP contribution in [0.1, 0.15) is 15.9 Å². The van der Waals surface area contributed by atoms with Crippen LogP contribution >= 0.6 is 11.3 Å². The van der Waals surface area contributed by atoms with Crippen LogP contribution in [0, 0.1) is 0 Å². The van der Waals surface area contributed by atoms with E-state index >= 15 is 0 Å². The highest BCUT2D eigenvalue weighted by Gasteiger charge is 2.24. The smallest absolute Gasteiger partial charge is 0.254 e. The summed E-state index contributed by atoms with van der Waals surface area (Å²) in [6, 6.07) is 12.2. The zero-order chi connectivity index (χ0) is 23.9. The van der Waals surface area contributed by atoms with Crippen molar-refractivity contribution < 1.29 is 23.7 Å². The minimum absolute atomic E-state index is 0.0299. The molecule has 0 radical (unpaired) electrons. The van der Waals surface area contributed by atoms with Gasteiger partial charge in [0.2, 0.25) is 5.75 Å². The number of piperazine rings is 1. The van der Waals surface area contributed by atoms with Crippen LogP contribution in [0.25, 0.3) is 10.1 Å². The van der Waals surface area contributed by atoms with E-state index in [1.807, 2.05) is 4.90 Å². The van der Waals surface area contributed by atoms with Gasteiger partial charge in [-0.1, -0.05) is 12.1 Å². The molecule has 0 atom stereocenters. The second-order valence-electron chi connectivity index (χ2n) is 8.20. The van der Waals surface area contributed by atoms with Gasteiger partial charge in [0.25, 0.3) is 5.91 Å². The summed E-state index contributed by atoms with van der Waals surface area (Å²) in [5.41, 5.74) is 1.84. The van der Waals surface area contributed by atoms with E-state index in [0.29, 0.717) is 42.5 Å². The summed E-state index contributed by atoms with van der Waals surface area (Å²) in [4.78, 5) is 17.3. The van der Waals surface area contributed by atoms with Crippen LogP contribution in [-0.4, -0.2) is 83.0 Å². The molecule has 0 unspecified atom stereocenters. The van der Waals surface area contributed by atoms with Crippen LogP contribution in [0.4, 0.5) is 0 Å². The topological polar surface area (TPSA) is 60.5 Å². The molecular weight excluding hydrogens is 452 g/mol. The van der Waals surface area contributed by atoms with Crippen molar-refractivity contribution in [2.24, 2.45) is 0 Å². The van der Waals surface area contributed by atoms with Gasteiger partial charge in [0, 0.05) is 43.0 Å². The molecular formula is C26H32N2O5S. The summed E-state index contributed by atoms with van der Waals surface area (Å²) in [5, 5.41) is 3.43. The molecule has 34 heavy (non-hydrogen) atoms. The maximum atomic E-state index is 13.1. The van der Waals surface area contributed by atoms with E-state index in [2.05, 4.69) is 34.5 Å². The van der Waals surface area contributed by atoms with Gasteiger partial charge in [-0.2, -0.15) is 0 Å². The fraction of sp³-hybridized carbons (Fsp3) is 0.423. The third-order valence-electron chi connectivity index (χ3n) is 6.17. The first kappa shape index (κ1) is 24.3. The van der Waals surface area contributed by atoms with Crippen molar-refractivity contribution in [2.45, 2.75) is 6.42 Å². The number of thiophene rings is 1. The molecule has 0 aliphatic carbocycles. The number of benzene rings is 2. The maximum Gasteiger partial charge on any atom is 0.254 e. The van der Waals surface area contributed by atoms with Crippen molar-refractivity contribution in [1.82, 2.24) is 9.80 Å². The highest BCUT2D eigenvalue weighted by Crippen LogP contribution is 2.38. The highest BCUT2D eigenvalue weighted by atomic mass is 32.1. The molecule has 0 N–H and O–H groups in total. The summed E-state index contributed by atoms with van der Waals surface area (Å²) in [5.74, 6) is 1.42. The molecule has 2 heterocycles. The molecule has 1 amide bonds. The molecule has 182 valence electrons. The Balaban J connectivity index is 1.20. The van der Waals surface area contributed by atoms with Gasteiger partial charge in [0.15, 0.2) is 11.5 Å². The van der Waals surface area contributed by atoms with E-state index in [1.165, 1.54) is 15.6 Å². The molecule has 7 nitrogen and oxygen atoms in total. The number of hydrogen-bond donors (Lipinski definition) is 0. The van der Waals surface area contributed by atoms with Gasteiger partial charge < -0.3 is 23.8 Å². The number of nitrogens with zero attached hydrogens (tertiary/aromatic N) is 2. The summed E-state index contributed by atoms with van der Waals surface area (Å²) in [6.07, 6.45) is 0.919. The van der Waals surface area contributed by atoms with Gasteiger partial charge in [0.05, 0.1) is 34.5 Å². The SMILES string of the molecule is COc1cc(C(=O)N2CCN(CCOCCc3ccc4sccc4c3)CC2)cc(OC)c1OC. The number of carbonyl (C=O) groups excluding carboxylic acids is 1. The Kier molecular flexibility index (Phi) is 8.26. The summed E-state index contributed by atoms with van der Waals surface area (Å²) >= 11 is 1.77. The van der Waals surface area contributed by atoms with Gasteiger partial charge in [-0.3, -0.25) is 9.69 Å². The Labute approximate surface area is 204 Å². The van der Waals surface area contributed by atoms with Gasteiger partial charge in [-0.05, 0) is 47.0 Å². The Hall–Kier alpha value is -2.81. The number of amides is 1. The molecule has 8 heteroatoms. The van der Waals surface area contributed by atoms with Crippen molar-refractivity contribution >= 4 is 27.3 Å². The maximum absolute atomic E-state index is 13.1. The van der Waals surface area contributed by atoms with E-state index < -0.39 is 0 Å². The summed E-state index contributed by atoms with van der Waals surface area (Å²) in [6.45, 7) is 5.29. The van der Waals surface area contributed by atoms with Crippen LogP contribution in [-0.2, 0) is 11.2 Å². The molecule has 0 spiro atoms. The molecule has 1 aromatic heterocycles. The molecule has 0 bridgehead atoms. The summed E-state index contributed by atoms with van der Waals surface area (Å²) < 4.78 is 23.3. The third kappa shape index (κ3) is 5.63. The number of ether oxygens (including phenoxy) is 4. The average Bonchev–Trinajstić information content (AvgIpc) is 3.35. The predicted molar refractivity (Wildman–Crippen MR) is 135 cm³/mol. The zero-order valence-corrected chi connectivity index (χ0v) is 20.9. The molecule has 1 aliphatic heterocycles. The lowest BCUT2D eigenvalue weighted by Gasteiger charge is -2.34. The van der Waals surface area contributed by atoms with Gasteiger partial charge in [-0.15, -0.1) is 11.3 Å². The average molecular weight is 485 g/mol. The van der Waals surface area contributed by atoms with Crippen LogP contribution in [0.15, 0.2) is 41.8 Å². The zero-order valence-electron chi connectivity index (χ0n) is 20.0. The molecule has 2 aromatic carbocycles. The Morgan fingerprint density at radius 2 is 1.65 bits per heavy atom. The first-order valence-electron chi connectivity index (χ1n) is 11.5. The standard InChI is InChI=1S/C26H32N2O5S/c1-30-22-17-21(18-23(31-2)25(22)32-3)26(29)28-10-8-27(9-11-28)12-14-33-13-6-19-4-5-24-20(16-19)7-15-34-24/h4-5,7,15-18H,6,8-14H2,1-3H3. The minimum Gasteiger partial charge on any atom is -0.493 e. The molecule has 1 saturated heterocycles. The quantitative estimate of drug-likeness (QED) is 0.406. The fourth-order valence-electron chi connectivity index (χ4n) is 4.22. The summed E-state index contributed by atoms with van der Waals surface area (Å²) in [7, 11) is 4.65. The minimum atomic E-state index is -0.0299. The fourth-order valence-corrected chi connectivity index (χ4v) is 4.99. The van der Waals surface area contributed by atoms with Crippen LogP contribution < -0.4 is 14.2 Å². The monoisotopic (exact) mass is 484 g/mol. The van der Waals surface area contributed by atoms with Gasteiger partial charge in [0.1, 0.15) is 0 Å². The predicted octanol–water partition coefficient (Wildman–Crippen LogP) is 3.94. The van der Waals surface area contributed by atoms with E-state index in [-0.39, 0.29) is 5.91 Å². The van der Waals surface area contributed by atoms with Crippen LogP contribution in [0.5, 0.6) is 17.2 Å². The van der Waals surface area contributed by atoms with E-state index in [9.17, 15) is 4.79 Å². The molecule has 1 fully saturated rings. The van der Waals surface area contributed by atoms with Crippen molar-refractivity contribution in [3.05, 3.63) is 52.9 Å². The second kappa shape index (κ2) is 11.6. The third-order valence-corrected chi connectivity index (χ3v) is 7.07. The van der Waals surface area contributed by atoms with Crippen molar-refractivity contribution in [2.75, 3.05) is 67.3 Å². The van der Waals surface area contributed by atoms with E-state index in [1.54, 1.807) is 44.8 Å². The van der Waals surface area contributed by atoms with Gasteiger partial charge >= 0.3 is 0 Å². The van der Waals surface area contributed by atoms with E-state index in [4.69, 9.17) is 18.9 Å². The van der Waals surface area contributed by atoms with Gasteiger partial charge in [-0.25, -0.2) is 0 Å². The van der Waals surface area contributed by atoms with Crippen molar-refractivity contribution in [3.63, 3.8) is 0 Å². The molecule has 0 saturated carbocycles. The van der Waals surface area contributed by atoms with Crippen molar-refractivity contribution in [1.29, 1.82) is 0 Å². The van der Waals surface area contributed by atoms with Crippen molar-refractivity contribution in [3.8, 4) is 17.2 Å². The highest BCUT2D eigenvalue weighted by molar-refractivity contribution is 7.17. The largest absolute Gasteiger partial charge is 0.493 e. The number of hydrogen-bond acceptors (Lipinski definition) is 7. The normalized spacial score (nSPS) is 14.4. The first-order valence-corrected chi connectivity index (χ1v) is 12.4. The first-order chi connectivity index (χ1) is 16.6. The van der Waals surface area contributed by atoms with Crippen LogP contribution in [0.3, 0.4) is 0 Å². The number of carbonyl (C=O) groups is 1. The Morgan fingerprint density at radius 3 is 2.32 bits per heavy atom. The lowest BCUT2D eigenvalue weighted by Crippen LogP contribution is -2.49. The number of fused-ring (bicyclic) bond motifs is 1. The second-order valence-corrected chi connectivity index (χ2v) is 9.15. The lowest BCUT2D eigenvalue weighted by molar-refractivity contribution is 0.0554. The Bertz CT molecular complexity index is 1080.